The molecular weight excluding hydrogens is 230 g/mol. The van der Waals surface area contributed by atoms with Gasteiger partial charge in [0.25, 0.3) is 0 Å². The number of pyridine rings is 1. The number of nitrogens with zero attached hydrogens (tertiary/aromatic N) is 1. The highest BCUT2D eigenvalue weighted by Crippen LogP contribution is 2.31. The molecule has 2 aromatic carbocycles. The number of hydrogen-bond donors (Lipinski definition) is 0. The van der Waals surface area contributed by atoms with Crippen molar-refractivity contribution in [3.8, 4) is 22.4 Å². The van der Waals surface area contributed by atoms with Gasteiger partial charge in [-0.1, -0.05) is 54.1 Å². The third-order valence-electron chi connectivity index (χ3n) is 3.20. The van der Waals surface area contributed by atoms with Gasteiger partial charge >= 0.3 is 0 Å². The molecule has 0 aliphatic carbocycles. The van der Waals surface area contributed by atoms with Crippen LogP contribution in [0.3, 0.4) is 0 Å². The Morgan fingerprint density at radius 3 is 2.26 bits per heavy atom. The van der Waals surface area contributed by atoms with E-state index in [0.29, 0.717) is 0 Å². The minimum Gasteiger partial charge on any atom is -0.256 e. The molecule has 0 saturated carbocycles. The molecule has 0 fully saturated rings. The topological polar surface area (TPSA) is 12.9 Å². The second-order valence-electron chi connectivity index (χ2n) is 4.63. The molecule has 0 saturated heterocycles. The van der Waals surface area contributed by atoms with Crippen LogP contribution in [0.15, 0.2) is 72.9 Å². The normalized spacial score (nSPS) is 10.4. The van der Waals surface area contributed by atoms with Crippen molar-refractivity contribution < 1.29 is 0 Å². The number of hydrogen-bond acceptors (Lipinski definition) is 1. The maximum atomic E-state index is 4.48. The van der Waals surface area contributed by atoms with Crippen LogP contribution < -0.4 is 0 Å². The Balaban J connectivity index is 2.21. The van der Waals surface area contributed by atoms with E-state index < -0.39 is 0 Å². The molecule has 1 aromatic heterocycles. The second-order valence-corrected chi connectivity index (χ2v) is 4.63. The van der Waals surface area contributed by atoms with Gasteiger partial charge in [0.15, 0.2) is 0 Å². The minimum atomic E-state index is 1.02. The first kappa shape index (κ1) is 11.7. The molecule has 1 nitrogen and oxygen atoms in total. The van der Waals surface area contributed by atoms with Crippen LogP contribution >= 0.6 is 0 Å². The summed E-state index contributed by atoms with van der Waals surface area (Å²) in [5.41, 5.74) is 5.91. The first-order valence-corrected chi connectivity index (χ1v) is 6.42. The highest BCUT2D eigenvalue weighted by atomic mass is 14.7. The zero-order valence-corrected chi connectivity index (χ0v) is 10.9. The van der Waals surface area contributed by atoms with E-state index in [-0.39, 0.29) is 0 Å². The fraction of sp³-hybridized carbons (Fsp3) is 0.0556. The Morgan fingerprint density at radius 2 is 1.53 bits per heavy atom. The van der Waals surface area contributed by atoms with Gasteiger partial charge in [0.1, 0.15) is 0 Å². The molecule has 0 amide bonds. The lowest BCUT2D eigenvalue weighted by molar-refractivity contribution is 1.32. The van der Waals surface area contributed by atoms with Gasteiger partial charge in [-0.2, -0.15) is 0 Å². The lowest BCUT2D eigenvalue weighted by Gasteiger charge is -2.10. The van der Waals surface area contributed by atoms with Crippen LogP contribution in [0.25, 0.3) is 22.4 Å². The predicted molar refractivity (Wildman–Crippen MR) is 79.8 cm³/mol. The van der Waals surface area contributed by atoms with Crippen LogP contribution in [0.5, 0.6) is 0 Å². The van der Waals surface area contributed by atoms with E-state index in [4.69, 9.17) is 0 Å². The van der Waals surface area contributed by atoms with E-state index in [1.54, 1.807) is 0 Å². The molecule has 19 heavy (non-hydrogen) atoms. The van der Waals surface area contributed by atoms with E-state index in [9.17, 15) is 0 Å². The zero-order chi connectivity index (χ0) is 13.1. The molecular formula is C18H15N. The van der Waals surface area contributed by atoms with Crippen LogP contribution in [0.2, 0.25) is 0 Å². The third-order valence-corrected chi connectivity index (χ3v) is 3.20. The van der Waals surface area contributed by atoms with Crippen LogP contribution in [-0.4, -0.2) is 4.98 Å². The zero-order valence-electron chi connectivity index (χ0n) is 10.9. The lowest BCUT2D eigenvalue weighted by atomic mass is 9.95. The summed E-state index contributed by atoms with van der Waals surface area (Å²) in [5, 5.41) is 0. The minimum absolute atomic E-state index is 1.02. The maximum absolute atomic E-state index is 4.48. The molecule has 92 valence electrons. The van der Waals surface area contributed by atoms with Gasteiger partial charge in [-0.05, 0) is 36.2 Å². The average molecular weight is 245 g/mol. The summed E-state index contributed by atoms with van der Waals surface area (Å²) in [4.78, 5) is 4.48. The van der Waals surface area contributed by atoms with Gasteiger partial charge in [-0.15, -0.1) is 0 Å². The summed E-state index contributed by atoms with van der Waals surface area (Å²) in [7, 11) is 0. The van der Waals surface area contributed by atoms with Crippen molar-refractivity contribution in [1.29, 1.82) is 0 Å². The molecule has 0 unspecified atom stereocenters. The van der Waals surface area contributed by atoms with Crippen molar-refractivity contribution in [2.45, 2.75) is 6.92 Å². The van der Waals surface area contributed by atoms with E-state index >= 15 is 0 Å². The van der Waals surface area contributed by atoms with Gasteiger partial charge in [0, 0.05) is 11.8 Å². The van der Waals surface area contributed by atoms with Gasteiger partial charge in [0.05, 0.1) is 5.69 Å². The van der Waals surface area contributed by atoms with Crippen molar-refractivity contribution in [3.63, 3.8) is 0 Å². The first-order chi connectivity index (χ1) is 9.34. The number of aromatic nitrogens is 1. The van der Waals surface area contributed by atoms with Gasteiger partial charge < -0.3 is 0 Å². The van der Waals surface area contributed by atoms with Crippen molar-refractivity contribution >= 4 is 0 Å². The fourth-order valence-electron chi connectivity index (χ4n) is 2.26. The number of rotatable bonds is 2. The van der Waals surface area contributed by atoms with E-state index in [1.165, 1.54) is 22.3 Å². The van der Waals surface area contributed by atoms with Gasteiger partial charge in [-0.25, -0.2) is 0 Å². The maximum Gasteiger partial charge on any atom is 0.0708 e. The third kappa shape index (κ3) is 2.41. The summed E-state index contributed by atoms with van der Waals surface area (Å²) in [5.74, 6) is 0. The predicted octanol–water partition coefficient (Wildman–Crippen LogP) is 4.72. The van der Waals surface area contributed by atoms with E-state index in [2.05, 4.69) is 60.4 Å². The highest BCUT2D eigenvalue weighted by Gasteiger charge is 2.08. The highest BCUT2D eigenvalue weighted by molar-refractivity contribution is 5.82. The summed E-state index contributed by atoms with van der Waals surface area (Å²) in [6, 6.07) is 23.0. The van der Waals surface area contributed by atoms with Crippen molar-refractivity contribution in [1.82, 2.24) is 4.98 Å². The molecule has 0 radical (unpaired) electrons. The Bertz CT molecular complexity index is 673. The summed E-state index contributed by atoms with van der Waals surface area (Å²) < 4.78 is 0. The molecule has 3 aromatic rings. The SMILES string of the molecule is Cc1ccc(-c2ccccc2)c(-c2ccccn2)c1. The monoisotopic (exact) mass is 245 g/mol. The molecule has 0 atom stereocenters. The summed E-state index contributed by atoms with van der Waals surface area (Å²) in [6.07, 6.45) is 1.84. The number of aryl methyl sites for hydroxylation is 1. The largest absolute Gasteiger partial charge is 0.256 e. The average Bonchev–Trinajstić information content (AvgIpc) is 2.49. The summed E-state index contributed by atoms with van der Waals surface area (Å²) >= 11 is 0. The Morgan fingerprint density at radius 1 is 0.737 bits per heavy atom. The smallest absolute Gasteiger partial charge is 0.0708 e. The standard InChI is InChI=1S/C18H15N/c1-14-10-11-16(15-7-3-2-4-8-15)17(13-14)18-9-5-6-12-19-18/h2-13H,1H3. The molecule has 1 heteroatoms. The van der Waals surface area contributed by atoms with Crippen molar-refractivity contribution in [3.05, 3.63) is 78.5 Å². The van der Waals surface area contributed by atoms with Gasteiger partial charge in [0.2, 0.25) is 0 Å². The summed E-state index contributed by atoms with van der Waals surface area (Å²) in [6.45, 7) is 2.11. The van der Waals surface area contributed by atoms with E-state index in [0.717, 1.165) is 5.69 Å². The Kier molecular flexibility index (Phi) is 3.11. The molecule has 0 aliphatic heterocycles. The molecule has 3 rings (SSSR count). The van der Waals surface area contributed by atoms with Gasteiger partial charge in [-0.3, -0.25) is 4.98 Å². The number of benzene rings is 2. The second kappa shape index (κ2) is 5.07. The Hall–Kier alpha value is -2.41. The van der Waals surface area contributed by atoms with Crippen LogP contribution in [0, 0.1) is 6.92 Å². The molecule has 1 heterocycles. The van der Waals surface area contributed by atoms with Crippen LogP contribution in [0.1, 0.15) is 5.56 Å². The van der Waals surface area contributed by atoms with Crippen molar-refractivity contribution in [2.75, 3.05) is 0 Å². The molecule has 0 spiro atoms. The fourth-order valence-corrected chi connectivity index (χ4v) is 2.26. The van der Waals surface area contributed by atoms with Crippen molar-refractivity contribution in [2.24, 2.45) is 0 Å². The lowest BCUT2D eigenvalue weighted by Crippen LogP contribution is -1.88. The van der Waals surface area contributed by atoms with Crippen LogP contribution in [-0.2, 0) is 0 Å². The molecule has 0 N–H and O–H groups in total. The first-order valence-electron chi connectivity index (χ1n) is 6.42. The molecule has 0 aliphatic rings. The Labute approximate surface area is 113 Å². The molecule has 0 bridgehead atoms. The quantitative estimate of drug-likeness (QED) is 0.636. The van der Waals surface area contributed by atoms with Crippen LogP contribution in [0.4, 0.5) is 0 Å². The van der Waals surface area contributed by atoms with E-state index in [1.807, 2.05) is 24.4 Å².